The molecule has 38 heavy (non-hydrogen) atoms. The van der Waals surface area contributed by atoms with E-state index in [9.17, 15) is 4.79 Å². The molecule has 0 aliphatic carbocycles. The number of para-hydroxylation sites is 1. The summed E-state index contributed by atoms with van der Waals surface area (Å²) in [6.45, 7) is 6.85. The average Bonchev–Trinajstić information content (AvgIpc) is 2.91. The van der Waals surface area contributed by atoms with Crippen molar-refractivity contribution >= 4 is 5.97 Å². The van der Waals surface area contributed by atoms with Gasteiger partial charge in [0.05, 0.1) is 33.2 Å². The van der Waals surface area contributed by atoms with Gasteiger partial charge in [0, 0.05) is 5.56 Å². The van der Waals surface area contributed by atoms with Crippen LogP contribution in [0.15, 0.2) is 24.3 Å². The molecule has 1 aliphatic heterocycles. The zero-order valence-electron chi connectivity index (χ0n) is 25.2. The minimum absolute atomic E-state index is 0.146. The molecule has 4 nitrogen and oxygen atoms in total. The Morgan fingerprint density at radius 2 is 1.24 bits per heavy atom. The normalized spacial score (nSPS) is 14.9. The van der Waals surface area contributed by atoms with Crippen molar-refractivity contribution in [2.75, 3.05) is 39.9 Å². The smallest absolute Gasteiger partial charge is 0.310 e. The van der Waals surface area contributed by atoms with Gasteiger partial charge in [0.1, 0.15) is 18.9 Å². The molecule has 1 aromatic carbocycles. The van der Waals surface area contributed by atoms with Crippen LogP contribution < -0.4 is 4.74 Å². The van der Waals surface area contributed by atoms with E-state index in [0.29, 0.717) is 13.0 Å². The fraction of sp³-hybridized carbons (Fsp3) is 0.794. The molecule has 1 aromatic rings. The van der Waals surface area contributed by atoms with Gasteiger partial charge in [-0.3, -0.25) is 4.79 Å². The summed E-state index contributed by atoms with van der Waals surface area (Å²) in [7, 11) is 2.29. The van der Waals surface area contributed by atoms with Gasteiger partial charge in [-0.25, -0.2) is 0 Å². The van der Waals surface area contributed by atoms with Gasteiger partial charge in [-0.2, -0.15) is 0 Å². The molecule has 218 valence electrons. The summed E-state index contributed by atoms with van der Waals surface area (Å²) in [5.74, 6) is 0.688. The van der Waals surface area contributed by atoms with Crippen molar-refractivity contribution in [1.29, 1.82) is 0 Å². The molecule has 0 aromatic heterocycles. The van der Waals surface area contributed by atoms with Crippen molar-refractivity contribution in [3.63, 3.8) is 0 Å². The van der Waals surface area contributed by atoms with E-state index in [-0.39, 0.29) is 5.97 Å². The van der Waals surface area contributed by atoms with Gasteiger partial charge in [-0.15, -0.1) is 0 Å². The number of nitrogens with zero attached hydrogens (tertiary/aromatic N) is 1. The first kappa shape index (κ1) is 32.7. The summed E-state index contributed by atoms with van der Waals surface area (Å²) in [5, 5.41) is 0. The average molecular weight is 531 g/mol. The topological polar surface area (TPSA) is 35.5 Å². The summed E-state index contributed by atoms with van der Waals surface area (Å²) in [6.07, 6.45) is 26.2. The van der Waals surface area contributed by atoms with Crippen molar-refractivity contribution in [2.24, 2.45) is 0 Å². The highest BCUT2D eigenvalue weighted by Crippen LogP contribution is 2.20. The number of likely N-dealkylation sites (N-methyl/N-ethyl adjacent to an activating group) is 1. The molecule has 0 amide bonds. The van der Waals surface area contributed by atoms with Gasteiger partial charge in [0.25, 0.3) is 0 Å². The molecule has 1 heterocycles. The van der Waals surface area contributed by atoms with Crippen LogP contribution in [0.4, 0.5) is 0 Å². The molecule has 0 saturated carbocycles. The van der Waals surface area contributed by atoms with Crippen molar-refractivity contribution in [3.8, 4) is 5.75 Å². The lowest BCUT2D eigenvalue weighted by Gasteiger charge is -2.37. The summed E-state index contributed by atoms with van der Waals surface area (Å²) in [4.78, 5) is 12.5. The van der Waals surface area contributed by atoms with Crippen LogP contribution in [0.2, 0.25) is 0 Å². The number of quaternary nitrogens is 1. The number of ether oxygens (including phenoxy) is 2. The number of benzene rings is 1. The van der Waals surface area contributed by atoms with E-state index < -0.39 is 0 Å². The summed E-state index contributed by atoms with van der Waals surface area (Å²) in [5.41, 5.74) is 0.937. The SMILES string of the molecule is CCCCCCCCCCCCCCCCCCOc1ccccc1CC(=O)OCC[N+]1(C)CCCCC1. The largest absolute Gasteiger partial charge is 0.493 e. The van der Waals surface area contributed by atoms with Crippen LogP contribution >= 0.6 is 0 Å². The number of rotatable bonds is 23. The first-order chi connectivity index (χ1) is 18.6. The first-order valence-corrected chi connectivity index (χ1v) is 16.3. The highest BCUT2D eigenvalue weighted by Gasteiger charge is 2.24. The van der Waals surface area contributed by atoms with Crippen LogP contribution in [0.5, 0.6) is 5.75 Å². The lowest BCUT2D eigenvalue weighted by molar-refractivity contribution is -0.914. The maximum Gasteiger partial charge on any atom is 0.310 e. The third-order valence-electron chi connectivity index (χ3n) is 8.35. The van der Waals surface area contributed by atoms with Crippen LogP contribution in [-0.4, -0.2) is 50.3 Å². The van der Waals surface area contributed by atoms with Crippen LogP contribution in [0.25, 0.3) is 0 Å². The molecule has 0 radical (unpaired) electrons. The molecule has 1 fully saturated rings. The van der Waals surface area contributed by atoms with Gasteiger partial charge < -0.3 is 14.0 Å². The maximum absolute atomic E-state index is 12.5. The Labute approximate surface area is 235 Å². The number of esters is 1. The molecule has 1 saturated heterocycles. The Hall–Kier alpha value is -1.55. The number of carbonyl (C=O) groups excluding carboxylic acids is 1. The van der Waals surface area contributed by atoms with Crippen molar-refractivity contribution in [2.45, 2.75) is 135 Å². The van der Waals surface area contributed by atoms with Gasteiger partial charge >= 0.3 is 5.97 Å². The lowest BCUT2D eigenvalue weighted by Crippen LogP contribution is -2.49. The Kier molecular flexibility index (Phi) is 18.3. The van der Waals surface area contributed by atoms with E-state index in [1.54, 1.807) is 0 Å². The number of carbonyl (C=O) groups is 1. The van der Waals surface area contributed by atoms with Crippen molar-refractivity contribution in [3.05, 3.63) is 29.8 Å². The van der Waals surface area contributed by atoms with E-state index in [2.05, 4.69) is 14.0 Å². The zero-order chi connectivity index (χ0) is 27.2. The van der Waals surface area contributed by atoms with Crippen LogP contribution in [-0.2, 0) is 16.0 Å². The summed E-state index contributed by atoms with van der Waals surface area (Å²) >= 11 is 0. The Morgan fingerprint density at radius 1 is 0.711 bits per heavy atom. The van der Waals surface area contributed by atoms with E-state index >= 15 is 0 Å². The molecule has 2 rings (SSSR count). The predicted octanol–water partition coefficient (Wildman–Crippen LogP) is 9.04. The zero-order valence-corrected chi connectivity index (χ0v) is 25.2. The standard InChI is InChI=1S/C34H60NO3/c1-3-4-5-6-7-8-9-10-11-12-13-14-15-16-17-23-29-37-33-25-20-19-24-32(33)31-34(36)38-30-28-35(2)26-21-18-22-27-35/h19-20,24-25H,3-18,21-23,26-31H2,1-2H3/q+1. The van der Waals surface area contributed by atoms with Gasteiger partial charge in [-0.05, 0) is 31.7 Å². The highest BCUT2D eigenvalue weighted by molar-refractivity contribution is 5.73. The molecular weight excluding hydrogens is 470 g/mol. The molecular formula is C34H60NO3+. The summed E-state index contributed by atoms with van der Waals surface area (Å²) in [6, 6.07) is 7.93. The van der Waals surface area contributed by atoms with Crippen LogP contribution in [0.3, 0.4) is 0 Å². The van der Waals surface area contributed by atoms with Crippen molar-refractivity contribution in [1.82, 2.24) is 0 Å². The number of hydrogen-bond acceptors (Lipinski definition) is 3. The fourth-order valence-corrected chi connectivity index (χ4v) is 5.71. The molecule has 0 spiro atoms. The summed E-state index contributed by atoms with van der Waals surface area (Å²) < 4.78 is 12.7. The van der Waals surface area contributed by atoms with Crippen LogP contribution in [0, 0.1) is 0 Å². The number of piperidine rings is 1. The van der Waals surface area contributed by atoms with E-state index in [1.165, 1.54) is 129 Å². The van der Waals surface area contributed by atoms with Gasteiger partial charge in [0.2, 0.25) is 0 Å². The molecule has 0 unspecified atom stereocenters. The van der Waals surface area contributed by atoms with Crippen LogP contribution in [0.1, 0.15) is 134 Å². The highest BCUT2D eigenvalue weighted by atomic mass is 16.5. The third kappa shape index (κ3) is 15.8. The third-order valence-corrected chi connectivity index (χ3v) is 8.35. The van der Waals surface area contributed by atoms with E-state index in [0.717, 1.165) is 35.4 Å². The number of hydrogen-bond donors (Lipinski definition) is 0. The Balaban J connectivity index is 1.44. The molecule has 0 N–H and O–H groups in total. The van der Waals surface area contributed by atoms with E-state index in [4.69, 9.17) is 9.47 Å². The minimum Gasteiger partial charge on any atom is -0.493 e. The molecule has 1 aliphatic rings. The van der Waals surface area contributed by atoms with Crippen molar-refractivity contribution < 1.29 is 18.8 Å². The van der Waals surface area contributed by atoms with E-state index in [1.807, 2.05) is 24.3 Å². The molecule has 4 heteroatoms. The predicted molar refractivity (Wildman–Crippen MR) is 161 cm³/mol. The first-order valence-electron chi connectivity index (χ1n) is 16.3. The minimum atomic E-state index is -0.146. The second kappa shape index (κ2) is 21.3. The second-order valence-electron chi connectivity index (χ2n) is 12.0. The van der Waals surface area contributed by atoms with Gasteiger partial charge in [0.15, 0.2) is 0 Å². The fourth-order valence-electron chi connectivity index (χ4n) is 5.71. The quantitative estimate of drug-likeness (QED) is 0.0804. The maximum atomic E-state index is 12.5. The lowest BCUT2D eigenvalue weighted by atomic mass is 10.0. The van der Waals surface area contributed by atoms with Gasteiger partial charge in [-0.1, -0.05) is 121 Å². The molecule has 0 atom stereocenters. The Bertz CT molecular complexity index is 713. The monoisotopic (exact) mass is 530 g/mol. The number of unbranched alkanes of at least 4 members (excludes halogenated alkanes) is 15. The number of likely N-dealkylation sites (tertiary alicyclic amines) is 1. The Morgan fingerprint density at radius 3 is 1.82 bits per heavy atom. The molecule has 0 bridgehead atoms. The second-order valence-corrected chi connectivity index (χ2v) is 12.0.